The fourth-order valence-electron chi connectivity index (χ4n) is 3.43. The third kappa shape index (κ3) is 4.54. The number of rotatable bonds is 4. The molecule has 1 saturated heterocycles. The molecule has 0 radical (unpaired) electrons. The van der Waals surface area contributed by atoms with Crippen LogP contribution in [0, 0.1) is 0 Å². The fourth-order valence-corrected chi connectivity index (χ4v) is 3.43. The number of hydrogen-bond donors (Lipinski definition) is 2. The van der Waals surface area contributed by atoms with E-state index in [2.05, 4.69) is 5.32 Å². The van der Waals surface area contributed by atoms with Crippen LogP contribution in [0.5, 0.6) is 5.75 Å². The summed E-state index contributed by atoms with van der Waals surface area (Å²) in [5, 5.41) is 3.15. The Labute approximate surface area is 149 Å². The molecule has 1 fully saturated rings. The van der Waals surface area contributed by atoms with Crippen molar-refractivity contribution in [2.24, 2.45) is 0 Å². The predicted octanol–water partition coefficient (Wildman–Crippen LogP) is 3.37. The molecule has 2 aliphatic rings. The highest BCUT2D eigenvalue weighted by Gasteiger charge is 2.34. The molecular formula is C18H27ClN2O3. The summed E-state index contributed by atoms with van der Waals surface area (Å²) in [4.78, 5) is 12.3. The molecule has 3 N–H and O–H groups in total. The minimum absolute atomic E-state index is 0. The van der Waals surface area contributed by atoms with E-state index in [0.717, 1.165) is 43.6 Å². The summed E-state index contributed by atoms with van der Waals surface area (Å²) in [6, 6.07) is 5.55. The number of carbonyl (C=O) groups is 1. The number of nitrogens with two attached hydrogens (primary N) is 1. The third-order valence-corrected chi connectivity index (χ3v) is 4.54. The summed E-state index contributed by atoms with van der Waals surface area (Å²) in [6.07, 6.45) is 4.44. The number of fused-ring (bicyclic) bond motifs is 1. The molecule has 134 valence electrons. The zero-order chi connectivity index (χ0) is 16.4. The number of nitrogen functional groups attached to an aromatic ring is 1. The lowest BCUT2D eigenvalue weighted by atomic mass is 9.89. The van der Waals surface area contributed by atoms with E-state index in [4.69, 9.17) is 15.2 Å². The van der Waals surface area contributed by atoms with Crippen molar-refractivity contribution in [1.82, 2.24) is 5.32 Å². The smallest absolute Gasteiger partial charge is 0.220 e. The van der Waals surface area contributed by atoms with E-state index >= 15 is 0 Å². The number of hydrogen-bond acceptors (Lipinski definition) is 4. The molecule has 1 amide bonds. The first-order valence-corrected chi connectivity index (χ1v) is 8.42. The molecule has 0 saturated carbocycles. The number of nitrogens with one attached hydrogen (secondary N) is 1. The van der Waals surface area contributed by atoms with E-state index in [1.807, 2.05) is 32.0 Å². The molecule has 24 heavy (non-hydrogen) atoms. The van der Waals surface area contributed by atoms with Crippen LogP contribution in [0.4, 0.5) is 5.69 Å². The van der Waals surface area contributed by atoms with Gasteiger partial charge in [-0.3, -0.25) is 4.79 Å². The fraction of sp³-hybridized carbons (Fsp3) is 0.611. The minimum atomic E-state index is -0.310. The van der Waals surface area contributed by atoms with Crippen LogP contribution in [0.15, 0.2) is 18.2 Å². The Bertz CT molecular complexity index is 586. The lowest BCUT2D eigenvalue weighted by molar-refractivity contribution is -0.123. The normalized spacial score (nSPS) is 24.4. The summed E-state index contributed by atoms with van der Waals surface area (Å²) in [5.74, 6) is 0.872. The Morgan fingerprint density at radius 3 is 2.92 bits per heavy atom. The van der Waals surface area contributed by atoms with Crippen molar-refractivity contribution in [2.75, 3.05) is 12.3 Å². The van der Waals surface area contributed by atoms with E-state index < -0.39 is 0 Å². The number of benzene rings is 1. The molecule has 6 heteroatoms. The lowest BCUT2D eigenvalue weighted by Crippen LogP contribution is -2.41. The van der Waals surface area contributed by atoms with Gasteiger partial charge in [-0.1, -0.05) is 0 Å². The lowest BCUT2D eigenvalue weighted by Gasteiger charge is -2.38. The zero-order valence-electron chi connectivity index (χ0n) is 14.3. The molecule has 1 aromatic rings. The van der Waals surface area contributed by atoms with Crippen LogP contribution in [-0.2, 0) is 9.53 Å². The van der Waals surface area contributed by atoms with E-state index in [9.17, 15) is 4.79 Å². The monoisotopic (exact) mass is 354 g/mol. The summed E-state index contributed by atoms with van der Waals surface area (Å²) in [5.41, 5.74) is 7.24. The molecular weight excluding hydrogens is 328 g/mol. The Balaban J connectivity index is 0.00000208. The Morgan fingerprint density at radius 1 is 1.42 bits per heavy atom. The molecule has 5 nitrogen and oxygen atoms in total. The van der Waals surface area contributed by atoms with E-state index in [0.29, 0.717) is 12.1 Å². The van der Waals surface area contributed by atoms with Crippen molar-refractivity contribution in [3.63, 3.8) is 0 Å². The molecule has 2 unspecified atom stereocenters. The van der Waals surface area contributed by atoms with Crippen molar-refractivity contribution in [2.45, 2.75) is 63.7 Å². The van der Waals surface area contributed by atoms with Crippen LogP contribution in [0.2, 0.25) is 0 Å². The molecule has 2 atom stereocenters. The van der Waals surface area contributed by atoms with E-state index in [1.165, 1.54) is 0 Å². The minimum Gasteiger partial charge on any atom is -0.487 e. The van der Waals surface area contributed by atoms with Crippen molar-refractivity contribution in [3.8, 4) is 5.75 Å². The predicted molar refractivity (Wildman–Crippen MR) is 96.5 cm³/mol. The first-order valence-electron chi connectivity index (χ1n) is 8.42. The van der Waals surface area contributed by atoms with Crippen molar-refractivity contribution in [1.29, 1.82) is 0 Å². The van der Waals surface area contributed by atoms with Crippen LogP contribution in [0.1, 0.15) is 57.6 Å². The number of ether oxygens (including phenoxy) is 2. The van der Waals surface area contributed by atoms with Gasteiger partial charge >= 0.3 is 0 Å². The topological polar surface area (TPSA) is 73.6 Å². The van der Waals surface area contributed by atoms with Crippen LogP contribution < -0.4 is 15.8 Å². The third-order valence-electron chi connectivity index (χ3n) is 4.54. The average molecular weight is 355 g/mol. The van der Waals surface area contributed by atoms with Crippen LogP contribution >= 0.6 is 12.4 Å². The second-order valence-electron chi connectivity index (χ2n) is 7.16. The largest absolute Gasteiger partial charge is 0.487 e. The molecule has 0 aromatic heterocycles. The highest BCUT2D eigenvalue weighted by atomic mass is 35.5. The molecule has 3 rings (SSSR count). The van der Waals surface area contributed by atoms with Crippen LogP contribution in [0.25, 0.3) is 0 Å². The standard InChI is InChI=1S/C18H26N2O3.ClH/c1-18(2)11-15(14-10-12(19)5-7-16(14)23-18)20-17(21)8-6-13-4-3-9-22-13;/h5,7,10,13,15H,3-4,6,8-9,11,19H2,1-2H3,(H,20,21);1H. The van der Waals surface area contributed by atoms with Gasteiger partial charge in [0.15, 0.2) is 0 Å². The van der Waals surface area contributed by atoms with Gasteiger partial charge in [0, 0.05) is 30.7 Å². The van der Waals surface area contributed by atoms with Gasteiger partial charge in [0.2, 0.25) is 5.91 Å². The number of halogens is 1. The van der Waals surface area contributed by atoms with Crippen LogP contribution in [-0.4, -0.2) is 24.2 Å². The van der Waals surface area contributed by atoms with Gasteiger partial charge in [0.1, 0.15) is 11.4 Å². The van der Waals surface area contributed by atoms with Gasteiger partial charge in [-0.2, -0.15) is 0 Å². The molecule has 2 heterocycles. The molecule has 0 spiro atoms. The molecule has 0 aliphatic carbocycles. The second-order valence-corrected chi connectivity index (χ2v) is 7.16. The Hall–Kier alpha value is -1.46. The van der Waals surface area contributed by atoms with Crippen LogP contribution in [0.3, 0.4) is 0 Å². The summed E-state index contributed by atoms with van der Waals surface area (Å²) < 4.78 is 11.6. The number of carbonyl (C=O) groups excluding carboxylic acids is 1. The first kappa shape index (κ1) is 18.9. The summed E-state index contributed by atoms with van der Waals surface area (Å²) >= 11 is 0. The van der Waals surface area contributed by atoms with Gasteiger partial charge < -0.3 is 20.5 Å². The quantitative estimate of drug-likeness (QED) is 0.813. The Morgan fingerprint density at radius 2 is 2.21 bits per heavy atom. The molecule has 2 aliphatic heterocycles. The second kappa shape index (κ2) is 7.62. The summed E-state index contributed by atoms with van der Waals surface area (Å²) in [7, 11) is 0. The number of amides is 1. The van der Waals surface area contributed by atoms with E-state index in [1.54, 1.807) is 0 Å². The van der Waals surface area contributed by atoms with Crippen molar-refractivity contribution < 1.29 is 14.3 Å². The maximum Gasteiger partial charge on any atom is 0.220 e. The highest BCUT2D eigenvalue weighted by Crippen LogP contribution is 2.40. The highest BCUT2D eigenvalue weighted by molar-refractivity contribution is 5.85. The van der Waals surface area contributed by atoms with Crippen molar-refractivity contribution >= 4 is 24.0 Å². The maximum absolute atomic E-state index is 12.3. The van der Waals surface area contributed by atoms with Gasteiger partial charge in [-0.15, -0.1) is 12.4 Å². The van der Waals surface area contributed by atoms with Gasteiger partial charge in [-0.25, -0.2) is 0 Å². The SMILES string of the molecule is CC1(C)CC(NC(=O)CCC2CCCO2)c2cc(N)ccc2O1.Cl. The maximum atomic E-state index is 12.3. The van der Waals surface area contributed by atoms with Gasteiger partial charge in [0.25, 0.3) is 0 Å². The van der Waals surface area contributed by atoms with Gasteiger partial charge in [0.05, 0.1) is 12.1 Å². The Kier molecular flexibility index (Phi) is 5.99. The molecule has 0 bridgehead atoms. The van der Waals surface area contributed by atoms with E-state index in [-0.39, 0.29) is 36.1 Å². The van der Waals surface area contributed by atoms with Gasteiger partial charge in [-0.05, 0) is 51.3 Å². The molecule has 1 aromatic carbocycles. The first-order chi connectivity index (χ1) is 10.9. The zero-order valence-corrected chi connectivity index (χ0v) is 15.2. The number of anilines is 1. The van der Waals surface area contributed by atoms with Crippen molar-refractivity contribution in [3.05, 3.63) is 23.8 Å². The average Bonchev–Trinajstić information content (AvgIpc) is 2.98. The summed E-state index contributed by atoms with van der Waals surface area (Å²) in [6.45, 7) is 4.91.